The highest BCUT2D eigenvalue weighted by atomic mass is 32.2. The lowest BCUT2D eigenvalue weighted by atomic mass is 10.2. The Morgan fingerprint density at radius 1 is 0.914 bits per heavy atom. The zero-order valence-electron chi connectivity index (χ0n) is 18.7. The number of carbonyl (C=O) groups excluding carboxylic acids is 1. The number of thioether (sulfide) groups is 1. The third kappa shape index (κ3) is 4.77. The van der Waals surface area contributed by atoms with Crippen molar-refractivity contribution in [3.8, 4) is 5.69 Å². The number of rotatable bonds is 5. The molecule has 1 aromatic heterocycles. The lowest BCUT2D eigenvalue weighted by molar-refractivity contribution is -0.128. The number of hydrogen-bond donors (Lipinski definition) is 0. The summed E-state index contributed by atoms with van der Waals surface area (Å²) in [6, 6.07) is 19.3. The number of hydrogen-bond acceptors (Lipinski definition) is 5. The highest BCUT2D eigenvalue weighted by Crippen LogP contribution is 2.24. The van der Waals surface area contributed by atoms with Crippen LogP contribution in [0.3, 0.4) is 0 Å². The molecule has 35 heavy (non-hydrogen) atoms. The summed E-state index contributed by atoms with van der Waals surface area (Å²) in [5.41, 5.74) is 1.07. The molecule has 0 atom stereocenters. The molecule has 6 nitrogen and oxygen atoms in total. The number of halogens is 2. The first kappa shape index (κ1) is 23.0. The Hall–Kier alpha value is -3.72. The van der Waals surface area contributed by atoms with E-state index in [1.54, 1.807) is 53.4 Å². The summed E-state index contributed by atoms with van der Waals surface area (Å²) in [6.45, 7) is 1.99. The predicted molar refractivity (Wildman–Crippen MR) is 133 cm³/mol. The van der Waals surface area contributed by atoms with Crippen molar-refractivity contribution < 1.29 is 13.6 Å². The number of piperazine rings is 1. The average molecular weight is 493 g/mol. The van der Waals surface area contributed by atoms with Crippen LogP contribution < -0.4 is 10.5 Å². The fraction of sp³-hybridized carbons (Fsp3) is 0.192. The molecule has 5 rings (SSSR count). The molecule has 3 aromatic carbocycles. The van der Waals surface area contributed by atoms with Gasteiger partial charge in [-0.05, 0) is 42.5 Å². The topological polar surface area (TPSA) is 58.4 Å². The Balaban J connectivity index is 1.34. The molecule has 0 N–H and O–H groups in total. The molecule has 0 bridgehead atoms. The van der Waals surface area contributed by atoms with Gasteiger partial charge < -0.3 is 9.80 Å². The van der Waals surface area contributed by atoms with Crippen molar-refractivity contribution in [1.82, 2.24) is 14.5 Å². The number of nitrogens with zero attached hydrogens (tertiary/aromatic N) is 4. The van der Waals surface area contributed by atoms with Gasteiger partial charge in [0.2, 0.25) is 5.91 Å². The summed E-state index contributed by atoms with van der Waals surface area (Å²) in [7, 11) is 0. The fourth-order valence-corrected chi connectivity index (χ4v) is 5.09. The lowest BCUT2D eigenvalue weighted by Gasteiger charge is -2.36. The molecule has 0 radical (unpaired) electrons. The van der Waals surface area contributed by atoms with Gasteiger partial charge in [0.25, 0.3) is 5.56 Å². The van der Waals surface area contributed by atoms with Crippen molar-refractivity contribution in [3.63, 3.8) is 0 Å². The number of fused-ring (bicyclic) bond motifs is 1. The maximum Gasteiger partial charge on any atom is 0.266 e. The number of carbonyl (C=O) groups is 1. The molecule has 0 unspecified atom stereocenters. The normalized spacial score (nSPS) is 13.9. The highest BCUT2D eigenvalue weighted by molar-refractivity contribution is 7.99. The predicted octanol–water partition coefficient (Wildman–Crippen LogP) is 4.10. The van der Waals surface area contributed by atoms with Gasteiger partial charge >= 0.3 is 0 Å². The summed E-state index contributed by atoms with van der Waals surface area (Å²) < 4.78 is 29.4. The van der Waals surface area contributed by atoms with Gasteiger partial charge in [-0.2, -0.15) is 0 Å². The van der Waals surface area contributed by atoms with Crippen LogP contribution in [-0.2, 0) is 4.79 Å². The van der Waals surface area contributed by atoms with E-state index in [0.717, 1.165) is 11.8 Å². The molecule has 1 saturated heterocycles. The molecule has 0 spiro atoms. The van der Waals surface area contributed by atoms with Gasteiger partial charge in [0.05, 0.1) is 28.0 Å². The maximum atomic E-state index is 14.1. The van der Waals surface area contributed by atoms with Crippen molar-refractivity contribution in [2.24, 2.45) is 0 Å². The standard InChI is InChI=1S/C26H22F2N4O2S/c27-18-6-5-7-19(16-18)32-25(34)20-8-1-3-10-22(20)29-26(32)35-17-24(33)31-14-12-30(13-15-31)23-11-4-2-9-21(23)28/h1-11,16H,12-15,17H2. The summed E-state index contributed by atoms with van der Waals surface area (Å²) >= 11 is 1.14. The minimum absolute atomic E-state index is 0.0692. The monoisotopic (exact) mass is 492 g/mol. The van der Waals surface area contributed by atoms with Crippen LogP contribution in [0.2, 0.25) is 0 Å². The van der Waals surface area contributed by atoms with E-state index in [9.17, 15) is 18.4 Å². The smallest absolute Gasteiger partial charge is 0.266 e. The molecule has 178 valence electrons. The number of aromatic nitrogens is 2. The van der Waals surface area contributed by atoms with Crippen LogP contribution in [-0.4, -0.2) is 52.3 Å². The minimum Gasteiger partial charge on any atom is -0.366 e. The van der Waals surface area contributed by atoms with Gasteiger partial charge in [0.1, 0.15) is 11.6 Å². The number of anilines is 1. The summed E-state index contributed by atoms with van der Waals surface area (Å²) in [6.07, 6.45) is 0. The lowest BCUT2D eigenvalue weighted by Crippen LogP contribution is -2.49. The van der Waals surface area contributed by atoms with E-state index in [2.05, 4.69) is 4.98 Å². The van der Waals surface area contributed by atoms with E-state index in [-0.39, 0.29) is 23.0 Å². The molecule has 4 aromatic rings. The SMILES string of the molecule is O=C(CSc1nc2ccccc2c(=O)n1-c1cccc(F)c1)N1CCN(c2ccccc2F)CC1. The van der Waals surface area contributed by atoms with Crippen LogP contribution in [0, 0.1) is 11.6 Å². The second kappa shape index (κ2) is 9.87. The second-order valence-corrected chi connectivity index (χ2v) is 9.08. The van der Waals surface area contributed by atoms with E-state index >= 15 is 0 Å². The largest absolute Gasteiger partial charge is 0.366 e. The molecule has 2 heterocycles. The van der Waals surface area contributed by atoms with Crippen LogP contribution in [0.5, 0.6) is 0 Å². The summed E-state index contributed by atoms with van der Waals surface area (Å²) in [5.74, 6) is -0.779. The number of amides is 1. The zero-order chi connectivity index (χ0) is 24.4. The highest BCUT2D eigenvalue weighted by Gasteiger charge is 2.23. The van der Waals surface area contributed by atoms with Crippen LogP contribution in [0.25, 0.3) is 16.6 Å². The van der Waals surface area contributed by atoms with Crippen molar-refractivity contribution >= 4 is 34.3 Å². The van der Waals surface area contributed by atoms with Crippen LogP contribution in [0.4, 0.5) is 14.5 Å². The van der Waals surface area contributed by atoms with Gasteiger partial charge in [0, 0.05) is 26.2 Å². The van der Waals surface area contributed by atoms with Crippen molar-refractivity contribution in [1.29, 1.82) is 0 Å². The quantitative estimate of drug-likeness (QED) is 0.310. The summed E-state index contributed by atoms with van der Waals surface area (Å²) in [4.78, 5) is 34.5. The molecule has 9 heteroatoms. The van der Waals surface area contributed by atoms with Crippen LogP contribution in [0.15, 0.2) is 82.7 Å². The number of benzene rings is 3. The molecular weight excluding hydrogens is 470 g/mol. The van der Waals surface area contributed by atoms with Crippen molar-refractivity contribution in [3.05, 3.63) is 94.8 Å². The first-order valence-electron chi connectivity index (χ1n) is 11.2. The molecule has 1 amide bonds. The van der Waals surface area contributed by atoms with Gasteiger partial charge in [-0.3, -0.25) is 14.2 Å². The molecular formula is C26H22F2N4O2S. The molecule has 1 fully saturated rings. The Kier molecular flexibility index (Phi) is 6.50. The third-order valence-corrected chi connectivity index (χ3v) is 6.88. The van der Waals surface area contributed by atoms with Crippen LogP contribution in [0.1, 0.15) is 0 Å². The van der Waals surface area contributed by atoms with Crippen molar-refractivity contribution in [2.45, 2.75) is 5.16 Å². The third-order valence-electron chi connectivity index (χ3n) is 5.96. The maximum absolute atomic E-state index is 14.1. The Morgan fingerprint density at radius 2 is 1.66 bits per heavy atom. The molecule has 0 aliphatic carbocycles. The second-order valence-electron chi connectivity index (χ2n) is 8.14. The Bertz CT molecular complexity index is 1450. The van der Waals surface area contributed by atoms with E-state index < -0.39 is 5.82 Å². The first-order valence-corrected chi connectivity index (χ1v) is 12.2. The average Bonchev–Trinajstić information content (AvgIpc) is 2.88. The number of para-hydroxylation sites is 2. The van der Waals surface area contributed by atoms with Crippen molar-refractivity contribution in [2.75, 3.05) is 36.8 Å². The first-order chi connectivity index (χ1) is 17.0. The zero-order valence-corrected chi connectivity index (χ0v) is 19.5. The Labute approximate surface area is 204 Å². The van der Waals surface area contributed by atoms with Gasteiger partial charge in [-0.25, -0.2) is 13.8 Å². The van der Waals surface area contributed by atoms with Gasteiger partial charge in [-0.1, -0.05) is 42.1 Å². The molecule has 1 aliphatic heterocycles. The minimum atomic E-state index is -0.470. The Morgan fingerprint density at radius 3 is 2.43 bits per heavy atom. The van der Waals surface area contributed by atoms with E-state index in [1.807, 2.05) is 4.90 Å². The van der Waals surface area contributed by atoms with Crippen LogP contribution >= 0.6 is 11.8 Å². The molecule has 0 saturated carbocycles. The fourth-order valence-electron chi connectivity index (χ4n) is 4.17. The van der Waals surface area contributed by atoms with Gasteiger partial charge in [-0.15, -0.1) is 0 Å². The van der Waals surface area contributed by atoms with E-state index in [0.29, 0.717) is 53.6 Å². The van der Waals surface area contributed by atoms with E-state index in [4.69, 9.17) is 0 Å². The van der Waals surface area contributed by atoms with E-state index in [1.165, 1.54) is 28.8 Å². The van der Waals surface area contributed by atoms with Gasteiger partial charge in [0.15, 0.2) is 5.16 Å². The molecule has 1 aliphatic rings. The summed E-state index contributed by atoms with van der Waals surface area (Å²) in [5, 5.41) is 0.731.